The molecule has 2 aromatic rings. The van der Waals surface area contributed by atoms with Gasteiger partial charge in [0.05, 0.1) is 27.9 Å². The Hall–Kier alpha value is -2.66. The summed E-state index contributed by atoms with van der Waals surface area (Å²) in [6, 6.07) is 10.9. The van der Waals surface area contributed by atoms with Crippen LogP contribution in [0.3, 0.4) is 0 Å². The second-order valence-corrected chi connectivity index (χ2v) is 5.25. The van der Waals surface area contributed by atoms with E-state index in [-0.39, 0.29) is 0 Å². The zero-order valence-electron chi connectivity index (χ0n) is 15.0. The summed E-state index contributed by atoms with van der Waals surface area (Å²) in [5.74, 6) is 2.66. The molecule has 0 aliphatic heterocycles. The number of hydrogen-bond acceptors (Lipinski definition) is 5. The second kappa shape index (κ2) is 8.99. The van der Waals surface area contributed by atoms with Gasteiger partial charge in [-0.1, -0.05) is 12.2 Å². The van der Waals surface area contributed by atoms with Crippen molar-refractivity contribution in [2.24, 2.45) is 0 Å². The molecule has 5 heteroatoms. The van der Waals surface area contributed by atoms with Crippen LogP contribution in [0.2, 0.25) is 0 Å². The number of ether oxygens (including phenoxy) is 4. The van der Waals surface area contributed by atoms with E-state index >= 15 is 0 Å². The second-order valence-electron chi connectivity index (χ2n) is 5.25. The minimum atomic E-state index is -0.820. The summed E-state index contributed by atoms with van der Waals surface area (Å²) in [6.45, 7) is 2.40. The summed E-state index contributed by atoms with van der Waals surface area (Å²) >= 11 is 0. The molecule has 2 rings (SSSR count). The van der Waals surface area contributed by atoms with E-state index in [2.05, 4.69) is 0 Å². The van der Waals surface area contributed by atoms with Crippen molar-refractivity contribution >= 4 is 6.08 Å². The van der Waals surface area contributed by atoms with Crippen LogP contribution in [0.15, 0.2) is 42.5 Å². The maximum atomic E-state index is 10.5. The highest BCUT2D eigenvalue weighted by molar-refractivity contribution is 5.60. The van der Waals surface area contributed by atoms with E-state index in [1.807, 2.05) is 25.1 Å². The summed E-state index contributed by atoms with van der Waals surface area (Å²) in [5, 5.41) is 10.5. The lowest BCUT2D eigenvalue weighted by Gasteiger charge is -2.14. The summed E-state index contributed by atoms with van der Waals surface area (Å²) in [6.07, 6.45) is 2.68. The SMILES string of the molecule is CCOc1cc(OC)ccc1C(O)C=Cc1ccc(OC)cc1OC. The Bertz CT molecular complexity index is 724. The van der Waals surface area contributed by atoms with Gasteiger partial charge in [-0.2, -0.15) is 0 Å². The van der Waals surface area contributed by atoms with E-state index < -0.39 is 6.10 Å². The molecule has 0 spiro atoms. The molecule has 0 aliphatic carbocycles. The van der Waals surface area contributed by atoms with E-state index in [9.17, 15) is 5.11 Å². The Labute approximate surface area is 148 Å². The zero-order chi connectivity index (χ0) is 18.2. The smallest absolute Gasteiger partial charge is 0.129 e. The van der Waals surface area contributed by atoms with Gasteiger partial charge in [0.2, 0.25) is 0 Å². The summed E-state index contributed by atoms with van der Waals surface area (Å²) in [5.41, 5.74) is 1.51. The number of methoxy groups -OCH3 is 3. The molecule has 0 aliphatic rings. The first kappa shape index (κ1) is 18.7. The minimum absolute atomic E-state index is 0.503. The van der Waals surface area contributed by atoms with Crippen LogP contribution >= 0.6 is 0 Å². The van der Waals surface area contributed by atoms with Gasteiger partial charge in [0.25, 0.3) is 0 Å². The van der Waals surface area contributed by atoms with Crippen LogP contribution in [0.4, 0.5) is 0 Å². The van der Waals surface area contributed by atoms with Gasteiger partial charge in [-0.3, -0.25) is 0 Å². The normalized spacial score (nSPS) is 12.0. The number of aliphatic hydroxyl groups is 1. The molecular weight excluding hydrogens is 320 g/mol. The van der Waals surface area contributed by atoms with Gasteiger partial charge in [0.15, 0.2) is 0 Å². The van der Waals surface area contributed by atoms with Crippen molar-refractivity contribution < 1.29 is 24.1 Å². The molecule has 0 saturated carbocycles. The van der Waals surface area contributed by atoms with Crippen molar-refractivity contribution in [3.8, 4) is 23.0 Å². The predicted molar refractivity (Wildman–Crippen MR) is 97.7 cm³/mol. The topological polar surface area (TPSA) is 57.2 Å². The van der Waals surface area contributed by atoms with E-state index in [4.69, 9.17) is 18.9 Å². The third-order valence-electron chi connectivity index (χ3n) is 3.74. The van der Waals surface area contributed by atoms with Crippen molar-refractivity contribution in [3.05, 3.63) is 53.6 Å². The highest BCUT2D eigenvalue weighted by atomic mass is 16.5. The van der Waals surface area contributed by atoms with Gasteiger partial charge < -0.3 is 24.1 Å². The first-order valence-electron chi connectivity index (χ1n) is 8.02. The fourth-order valence-electron chi connectivity index (χ4n) is 2.42. The lowest BCUT2D eigenvalue weighted by atomic mass is 10.1. The quantitative estimate of drug-likeness (QED) is 0.788. The molecule has 2 aromatic carbocycles. The van der Waals surface area contributed by atoms with E-state index in [0.717, 1.165) is 5.56 Å². The predicted octanol–water partition coefficient (Wildman–Crippen LogP) is 3.86. The number of benzene rings is 2. The highest BCUT2D eigenvalue weighted by Gasteiger charge is 2.12. The largest absolute Gasteiger partial charge is 0.497 e. The summed E-state index contributed by atoms with van der Waals surface area (Å²) < 4.78 is 21.4. The lowest BCUT2D eigenvalue weighted by molar-refractivity contribution is 0.220. The van der Waals surface area contributed by atoms with Crippen LogP contribution in [0.1, 0.15) is 24.2 Å². The molecule has 0 amide bonds. The Morgan fingerprint density at radius 1 is 0.920 bits per heavy atom. The Balaban J connectivity index is 2.27. The van der Waals surface area contributed by atoms with E-state index in [1.54, 1.807) is 51.7 Å². The molecule has 1 unspecified atom stereocenters. The number of aliphatic hydroxyl groups excluding tert-OH is 1. The van der Waals surface area contributed by atoms with Crippen molar-refractivity contribution in [1.29, 1.82) is 0 Å². The molecule has 5 nitrogen and oxygen atoms in total. The van der Waals surface area contributed by atoms with Crippen LogP contribution in [0.5, 0.6) is 23.0 Å². The Morgan fingerprint density at radius 2 is 1.56 bits per heavy atom. The Kier molecular flexibility index (Phi) is 6.71. The van der Waals surface area contributed by atoms with Crippen molar-refractivity contribution in [2.75, 3.05) is 27.9 Å². The summed E-state index contributed by atoms with van der Waals surface area (Å²) in [7, 11) is 4.79. The average Bonchev–Trinajstić information content (AvgIpc) is 2.66. The van der Waals surface area contributed by atoms with Gasteiger partial charge >= 0.3 is 0 Å². The van der Waals surface area contributed by atoms with Gasteiger partial charge in [0, 0.05) is 23.3 Å². The van der Waals surface area contributed by atoms with Crippen LogP contribution in [0.25, 0.3) is 6.08 Å². The fraction of sp³-hybridized carbons (Fsp3) is 0.300. The molecule has 0 saturated heterocycles. The maximum Gasteiger partial charge on any atom is 0.129 e. The third-order valence-corrected chi connectivity index (χ3v) is 3.74. The van der Waals surface area contributed by atoms with Crippen molar-refractivity contribution in [3.63, 3.8) is 0 Å². The maximum absolute atomic E-state index is 10.5. The van der Waals surface area contributed by atoms with Crippen molar-refractivity contribution in [1.82, 2.24) is 0 Å². The van der Waals surface area contributed by atoms with Gasteiger partial charge in [0.1, 0.15) is 29.1 Å². The third kappa shape index (κ3) is 4.67. The average molecular weight is 344 g/mol. The molecule has 1 atom stereocenters. The molecule has 0 aromatic heterocycles. The van der Waals surface area contributed by atoms with E-state index in [0.29, 0.717) is 35.2 Å². The van der Waals surface area contributed by atoms with Crippen LogP contribution in [-0.4, -0.2) is 33.0 Å². The molecule has 25 heavy (non-hydrogen) atoms. The summed E-state index contributed by atoms with van der Waals surface area (Å²) in [4.78, 5) is 0. The van der Waals surface area contributed by atoms with Gasteiger partial charge in [-0.05, 0) is 31.2 Å². The molecule has 0 fully saturated rings. The van der Waals surface area contributed by atoms with Crippen LogP contribution < -0.4 is 18.9 Å². The first-order chi connectivity index (χ1) is 12.1. The zero-order valence-corrected chi connectivity index (χ0v) is 15.0. The van der Waals surface area contributed by atoms with Gasteiger partial charge in [-0.15, -0.1) is 0 Å². The minimum Gasteiger partial charge on any atom is -0.497 e. The first-order valence-corrected chi connectivity index (χ1v) is 8.02. The van der Waals surface area contributed by atoms with Crippen LogP contribution in [0, 0.1) is 0 Å². The fourth-order valence-corrected chi connectivity index (χ4v) is 2.42. The highest BCUT2D eigenvalue weighted by Crippen LogP contribution is 2.32. The van der Waals surface area contributed by atoms with Crippen molar-refractivity contribution in [2.45, 2.75) is 13.0 Å². The molecule has 1 N–H and O–H groups in total. The van der Waals surface area contributed by atoms with Gasteiger partial charge in [-0.25, -0.2) is 0 Å². The molecule has 134 valence electrons. The Morgan fingerprint density at radius 3 is 2.16 bits per heavy atom. The van der Waals surface area contributed by atoms with Crippen LogP contribution in [-0.2, 0) is 0 Å². The number of rotatable bonds is 8. The molecule has 0 heterocycles. The lowest BCUT2D eigenvalue weighted by Crippen LogP contribution is -2.01. The number of hydrogen-bond donors (Lipinski definition) is 1. The molecular formula is C20H24O5. The van der Waals surface area contributed by atoms with E-state index in [1.165, 1.54) is 0 Å². The molecule has 0 radical (unpaired) electrons. The molecule has 0 bridgehead atoms. The monoisotopic (exact) mass is 344 g/mol. The standard InChI is InChI=1S/C20H24O5/c1-5-25-20-13-16(23-3)9-10-17(20)18(21)11-7-14-6-8-15(22-2)12-19(14)24-4/h6-13,18,21H,5H2,1-4H3.